The molecular weight excluding hydrogens is 385 g/mol. The molecule has 1 aliphatic heterocycles. The molecule has 7 heteroatoms. The normalized spacial score (nSPS) is 14.8. The average Bonchev–Trinajstić information content (AvgIpc) is 2.67. The number of hydrogen-bond donors (Lipinski definition) is 2. The molecule has 0 atom stereocenters. The van der Waals surface area contributed by atoms with Crippen molar-refractivity contribution < 1.29 is 14.5 Å². The summed E-state index contributed by atoms with van der Waals surface area (Å²) in [5.41, 5.74) is 1.50. The molecule has 0 saturated carbocycles. The molecule has 2 aromatic rings. The molecule has 0 unspecified atom stereocenters. The number of nitrogens with one attached hydrogen (secondary N) is 2. The van der Waals surface area contributed by atoms with Gasteiger partial charge in [0.2, 0.25) is 0 Å². The number of carbonyl (C=O) groups excluding carboxylic acids is 2. The average molecular weight is 407 g/mol. The van der Waals surface area contributed by atoms with Gasteiger partial charge in [-0.25, -0.2) is 0 Å². The van der Waals surface area contributed by atoms with Crippen LogP contribution in [-0.2, 0) is 11.3 Å². The molecule has 0 radical (unpaired) electrons. The Labute approximate surface area is 168 Å². The van der Waals surface area contributed by atoms with Crippen LogP contribution in [0.1, 0.15) is 15.9 Å². The summed E-state index contributed by atoms with van der Waals surface area (Å²) < 4.78 is 0. The quantitative estimate of drug-likeness (QED) is 0.792. The van der Waals surface area contributed by atoms with Gasteiger partial charge in [-0.05, 0) is 29.8 Å². The topological polar surface area (TPSA) is 53.9 Å². The first-order valence-corrected chi connectivity index (χ1v) is 9.67. The van der Waals surface area contributed by atoms with Gasteiger partial charge >= 0.3 is 0 Å². The molecule has 1 heterocycles. The third-order valence-electron chi connectivity index (χ3n) is 4.65. The Balaban J connectivity index is 1.44. The van der Waals surface area contributed by atoms with E-state index < -0.39 is 0 Å². The molecule has 0 spiro atoms. The van der Waals surface area contributed by atoms with Crippen molar-refractivity contribution in [2.24, 2.45) is 0 Å². The van der Waals surface area contributed by atoms with Crippen LogP contribution in [0.3, 0.4) is 0 Å². The second kappa shape index (κ2) is 9.22. The Morgan fingerprint density at radius 3 is 2.48 bits per heavy atom. The largest absolute Gasteiger partial charge is 0.347 e. The monoisotopic (exact) mass is 406 g/mol. The fraction of sp³-hybridized carbons (Fsp3) is 0.300. The van der Waals surface area contributed by atoms with Crippen LogP contribution in [-0.4, -0.2) is 49.4 Å². The van der Waals surface area contributed by atoms with E-state index in [9.17, 15) is 9.59 Å². The molecule has 5 nitrogen and oxygen atoms in total. The Bertz CT molecular complexity index is 820. The molecule has 2 N–H and O–H groups in total. The first-order valence-electron chi connectivity index (χ1n) is 8.91. The third kappa shape index (κ3) is 5.45. The lowest BCUT2D eigenvalue weighted by atomic mass is 10.2. The first-order chi connectivity index (χ1) is 13.0. The molecule has 0 aliphatic carbocycles. The molecule has 2 aromatic carbocycles. The molecular formula is C20H22Cl2N3O2+. The van der Waals surface area contributed by atoms with Crippen molar-refractivity contribution in [3.63, 3.8) is 0 Å². The van der Waals surface area contributed by atoms with E-state index in [-0.39, 0.29) is 11.8 Å². The van der Waals surface area contributed by atoms with Gasteiger partial charge in [0.1, 0.15) is 0 Å². The van der Waals surface area contributed by atoms with E-state index in [2.05, 4.69) is 5.32 Å². The SMILES string of the molecule is O=C(C[NH+]1CCN(C(=O)c2ccccc2Cl)CC1)NCc1cccc(Cl)c1. The number of amides is 2. The minimum absolute atomic E-state index is 0.00384. The van der Waals surface area contributed by atoms with Crippen LogP contribution in [0.4, 0.5) is 0 Å². The molecule has 1 fully saturated rings. The van der Waals surface area contributed by atoms with Gasteiger partial charge in [0.05, 0.1) is 36.8 Å². The number of benzene rings is 2. The van der Waals surface area contributed by atoms with E-state index in [4.69, 9.17) is 23.2 Å². The zero-order valence-electron chi connectivity index (χ0n) is 14.9. The lowest BCUT2D eigenvalue weighted by Crippen LogP contribution is -3.15. The maximum atomic E-state index is 12.6. The molecule has 0 bridgehead atoms. The summed E-state index contributed by atoms with van der Waals surface area (Å²) in [5, 5.41) is 4.05. The highest BCUT2D eigenvalue weighted by atomic mass is 35.5. The van der Waals surface area contributed by atoms with Gasteiger partial charge in [-0.15, -0.1) is 0 Å². The zero-order valence-corrected chi connectivity index (χ0v) is 16.4. The number of halogens is 2. The van der Waals surface area contributed by atoms with Gasteiger partial charge in [0.15, 0.2) is 6.54 Å². The summed E-state index contributed by atoms with van der Waals surface area (Å²) in [6.45, 7) is 3.56. The van der Waals surface area contributed by atoms with Crippen molar-refractivity contribution in [3.05, 3.63) is 69.7 Å². The van der Waals surface area contributed by atoms with Gasteiger partial charge in [-0.1, -0.05) is 47.5 Å². The highest BCUT2D eigenvalue weighted by Crippen LogP contribution is 2.17. The molecule has 1 saturated heterocycles. The van der Waals surface area contributed by atoms with Gasteiger partial charge in [0.25, 0.3) is 11.8 Å². The number of quaternary nitrogens is 1. The predicted octanol–water partition coefficient (Wildman–Crippen LogP) is 1.65. The second-order valence-corrected chi connectivity index (χ2v) is 7.45. The molecule has 2 amide bonds. The Morgan fingerprint density at radius 1 is 1.04 bits per heavy atom. The van der Waals surface area contributed by atoms with Crippen LogP contribution >= 0.6 is 23.2 Å². The summed E-state index contributed by atoms with van der Waals surface area (Å²) in [6.07, 6.45) is 0. The summed E-state index contributed by atoms with van der Waals surface area (Å²) in [6, 6.07) is 14.5. The number of rotatable bonds is 5. The Morgan fingerprint density at radius 2 is 1.78 bits per heavy atom. The van der Waals surface area contributed by atoms with Gasteiger partial charge in [-0.2, -0.15) is 0 Å². The molecule has 3 rings (SSSR count). The summed E-state index contributed by atoms with van der Waals surface area (Å²) in [7, 11) is 0. The van der Waals surface area contributed by atoms with Gasteiger partial charge in [-0.3, -0.25) is 9.59 Å². The van der Waals surface area contributed by atoms with Crippen molar-refractivity contribution >= 4 is 35.0 Å². The molecule has 0 aromatic heterocycles. The standard InChI is InChI=1S/C20H21Cl2N3O2/c21-16-5-3-4-15(12-16)13-23-19(26)14-24-8-10-25(11-9-24)20(27)17-6-1-2-7-18(17)22/h1-7,12H,8-11,13-14H2,(H,23,26)/p+1. The third-order valence-corrected chi connectivity index (χ3v) is 5.22. The fourth-order valence-corrected chi connectivity index (χ4v) is 3.57. The van der Waals surface area contributed by atoms with Crippen LogP contribution in [0.15, 0.2) is 48.5 Å². The van der Waals surface area contributed by atoms with Crippen LogP contribution in [0.25, 0.3) is 0 Å². The van der Waals surface area contributed by atoms with Crippen LogP contribution in [0.2, 0.25) is 10.0 Å². The van der Waals surface area contributed by atoms with Crippen molar-refractivity contribution in [2.75, 3.05) is 32.7 Å². The van der Waals surface area contributed by atoms with Crippen LogP contribution in [0.5, 0.6) is 0 Å². The number of hydrogen-bond acceptors (Lipinski definition) is 2. The van der Waals surface area contributed by atoms with Crippen molar-refractivity contribution in [1.82, 2.24) is 10.2 Å². The van der Waals surface area contributed by atoms with Gasteiger partial charge < -0.3 is 15.1 Å². The Hall–Kier alpha value is -2.08. The minimum atomic E-state index is -0.0509. The van der Waals surface area contributed by atoms with E-state index in [1.165, 1.54) is 4.90 Å². The molecule has 1 aliphatic rings. The van der Waals surface area contributed by atoms with E-state index in [1.54, 1.807) is 23.1 Å². The maximum absolute atomic E-state index is 12.6. The number of carbonyl (C=O) groups is 2. The van der Waals surface area contributed by atoms with Crippen molar-refractivity contribution in [2.45, 2.75) is 6.54 Å². The predicted molar refractivity (Wildman–Crippen MR) is 106 cm³/mol. The summed E-state index contributed by atoms with van der Waals surface area (Å²) in [5.74, 6) is -0.0547. The van der Waals surface area contributed by atoms with E-state index in [0.29, 0.717) is 41.8 Å². The smallest absolute Gasteiger partial charge is 0.275 e. The van der Waals surface area contributed by atoms with Gasteiger partial charge in [0, 0.05) is 11.6 Å². The highest BCUT2D eigenvalue weighted by Gasteiger charge is 2.26. The maximum Gasteiger partial charge on any atom is 0.275 e. The molecule has 142 valence electrons. The second-order valence-electron chi connectivity index (χ2n) is 6.61. The van der Waals surface area contributed by atoms with Crippen molar-refractivity contribution in [3.8, 4) is 0 Å². The number of piperazine rings is 1. The lowest BCUT2D eigenvalue weighted by Gasteiger charge is -2.32. The van der Waals surface area contributed by atoms with E-state index in [1.807, 2.05) is 30.3 Å². The lowest BCUT2D eigenvalue weighted by molar-refractivity contribution is -0.896. The van der Waals surface area contributed by atoms with E-state index in [0.717, 1.165) is 18.7 Å². The van der Waals surface area contributed by atoms with Crippen LogP contribution in [0, 0.1) is 0 Å². The number of nitrogens with zero attached hydrogens (tertiary/aromatic N) is 1. The molecule has 27 heavy (non-hydrogen) atoms. The zero-order chi connectivity index (χ0) is 19.2. The fourth-order valence-electron chi connectivity index (χ4n) is 3.14. The van der Waals surface area contributed by atoms with E-state index >= 15 is 0 Å². The van der Waals surface area contributed by atoms with Crippen molar-refractivity contribution in [1.29, 1.82) is 0 Å². The summed E-state index contributed by atoms with van der Waals surface area (Å²) in [4.78, 5) is 27.7. The van der Waals surface area contributed by atoms with Crippen LogP contribution < -0.4 is 10.2 Å². The Kier molecular flexibility index (Phi) is 6.72. The summed E-state index contributed by atoms with van der Waals surface area (Å²) >= 11 is 12.1. The first kappa shape index (κ1) is 19.7. The highest BCUT2D eigenvalue weighted by molar-refractivity contribution is 6.33. The minimum Gasteiger partial charge on any atom is -0.347 e.